The topological polar surface area (TPSA) is 96.2 Å². The van der Waals surface area contributed by atoms with E-state index in [1.54, 1.807) is 10.9 Å². The quantitative estimate of drug-likeness (QED) is 0.569. The Morgan fingerprint density at radius 3 is 2.65 bits per heavy atom. The highest BCUT2D eigenvalue weighted by Gasteiger charge is 2.38. The van der Waals surface area contributed by atoms with Crippen molar-refractivity contribution < 1.29 is 14.7 Å². The molecule has 0 aliphatic heterocycles. The van der Waals surface area contributed by atoms with E-state index in [4.69, 9.17) is 11.6 Å². The Morgan fingerprint density at radius 2 is 1.97 bits per heavy atom. The van der Waals surface area contributed by atoms with Gasteiger partial charge in [-0.05, 0) is 37.7 Å². The maximum Gasteiger partial charge on any atom is 0.273 e. The van der Waals surface area contributed by atoms with Gasteiger partial charge in [0.25, 0.3) is 5.91 Å². The Morgan fingerprint density at radius 1 is 1.26 bits per heavy atom. The highest BCUT2D eigenvalue weighted by Crippen LogP contribution is 2.38. The lowest BCUT2D eigenvalue weighted by atomic mass is 9.74. The zero-order valence-corrected chi connectivity index (χ0v) is 18.9. The number of carbonyl (C=O) groups is 2. The van der Waals surface area contributed by atoms with Crippen molar-refractivity contribution in [1.82, 2.24) is 20.4 Å². The van der Waals surface area contributed by atoms with E-state index in [2.05, 4.69) is 27.9 Å². The molecule has 1 saturated carbocycles. The van der Waals surface area contributed by atoms with Crippen LogP contribution in [0.5, 0.6) is 0 Å². The van der Waals surface area contributed by atoms with Crippen LogP contribution in [0.25, 0.3) is 0 Å². The fourth-order valence-electron chi connectivity index (χ4n) is 4.39. The summed E-state index contributed by atoms with van der Waals surface area (Å²) in [5.74, 6) is -0.458. The molecular weight excluding hydrogens is 416 g/mol. The molecular formula is C23H31ClN4O3. The van der Waals surface area contributed by atoms with Gasteiger partial charge in [-0.15, -0.1) is 0 Å². The van der Waals surface area contributed by atoms with E-state index in [0.717, 1.165) is 18.4 Å². The molecule has 1 fully saturated rings. The van der Waals surface area contributed by atoms with Crippen LogP contribution >= 0.6 is 11.6 Å². The molecule has 168 valence electrons. The van der Waals surface area contributed by atoms with Gasteiger partial charge in [0.15, 0.2) is 5.69 Å². The largest absolute Gasteiger partial charge is 0.391 e. The summed E-state index contributed by atoms with van der Waals surface area (Å²) < 4.78 is 1.68. The monoisotopic (exact) mass is 446 g/mol. The van der Waals surface area contributed by atoms with Gasteiger partial charge in [0.2, 0.25) is 5.91 Å². The molecule has 0 saturated heterocycles. The highest BCUT2D eigenvalue weighted by molar-refractivity contribution is 6.33. The van der Waals surface area contributed by atoms with Crippen LogP contribution < -0.4 is 10.6 Å². The number of nitrogens with zero attached hydrogens (tertiary/aromatic N) is 2. The lowest BCUT2D eigenvalue weighted by molar-refractivity contribution is -0.120. The van der Waals surface area contributed by atoms with E-state index in [0.29, 0.717) is 37.4 Å². The molecule has 1 heterocycles. The summed E-state index contributed by atoms with van der Waals surface area (Å²) in [4.78, 5) is 24.4. The number of rotatable bonds is 7. The van der Waals surface area contributed by atoms with E-state index >= 15 is 0 Å². The van der Waals surface area contributed by atoms with Gasteiger partial charge in [-0.25, -0.2) is 0 Å². The molecule has 0 unspecified atom stereocenters. The average molecular weight is 447 g/mol. The Hall–Kier alpha value is -2.38. The van der Waals surface area contributed by atoms with Crippen molar-refractivity contribution in [2.75, 3.05) is 6.54 Å². The molecule has 7 nitrogen and oxygen atoms in total. The predicted molar refractivity (Wildman–Crippen MR) is 120 cm³/mol. The number of benzene rings is 1. The summed E-state index contributed by atoms with van der Waals surface area (Å²) >= 11 is 6.24. The van der Waals surface area contributed by atoms with Crippen LogP contribution in [0.1, 0.15) is 62.0 Å². The Labute approximate surface area is 188 Å². The maximum absolute atomic E-state index is 12.9. The third-order valence-corrected chi connectivity index (χ3v) is 6.34. The molecule has 8 heteroatoms. The summed E-state index contributed by atoms with van der Waals surface area (Å²) in [5.41, 5.74) is 0.973. The smallest absolute Gasteiger partial charge is 0.273 e. The minimum atomic E-state index is -0.621. The van der Waals surface area contributed by atoms with Gasteiger partial charge >= 0.3 is 0 Å². The number of aliphatic hydroxyl groups is 1. The van der Waals surface area contributed by atoms with Crippen molar-refractivity contribution in [2.24, 2.45) is 0 Å². The molecule has 3 rings (SSSR count). The molecule has 0 spiro atoms. The molecule has 3 atom stereocenters. The number of nitrogens with one attached hydrogen (secondary N) is 2. The molecule has 2 amide bonds. The van der Waals surface area contributed by atoms with Gasteiger partial charge in [-0.1, -0.05) is 48.9 Å². The van der Waals surface area contributed by atoms with E-state index in [1.165, 1.54) is 6.92 Å². The maximum atomic E-state index is 12.9. The number of hydrogen-bond donors (Lipinski definition) is 3. The second-order valence-corrected chi connectivity index (χ2v) is 8.78. The van der Waals surface area contributed by atoms with Crippen LogP contribution in [-0.2, 0) is 16.8 Å². The number of aryl methyl sites for hydroxylation is 1. The number of aliphatic hydroxyl groups excluding tert-OH is 1. The molecule has 1 aliphatic carbocycles. The zero-order valence-electron chi connectivity index (χ0n) is 18.1. The van der Waals surface area contributed by atoms with Crippen LogP contribution in [0.3, 0.4) is 0 Å². The summed E-state index contributed by atoms with van der Waals surface area (Å²) in [6.07, 6.45) is 4.51. The molecule has 1 aliphatic rings. The third kappa shape index (κ3) is 5.66. The second-order valence-electron chi connectivity index (χ2n) is 8.37. The summed E-state index contributed by atoms with van der Waals surface area (Å²) in [6, 6.07) is 9.74. The van der Waals surface area contributed by atoms with Crippen LogP contribution in [0.15, 0.2) is 36.5 Å². The fraction of sp³-hybridized carbons (Fsp3) is 0.522. The van der Waals surface area contributed by atoms with Gasteiger partial charge < -0.3 is 15.7 Å². The van der Waals surface area contributed by atoms with Gasteiger partial charge in [-0.3, -0.25) is 14.3 Å². The van der Waals surface area contributed by atoms with Gasteiger partial charge in [-0.2, -0.15) is 5.10 Å². The number of aromatic nitrogens is 2. The highest BCUT2D eigenvalue weighted by atomic mass is 35.5. The average Bonchev–Trinajstić information content (AvgIpc) is 3.04. The lowest BCUT2D eigenvalue weighted by Gasteiger charge is -2.34. The van der Waals surface area contributed by atoms with Crippen molar-refractivity contribution in [1.29, 1.82) is 0 Å². The Balaban J connectivity index is 1.80. The number of halogens is 1. The van der Waals surface area contributed by atoms with Crippen molar-refractivity contribution in [2.45, 2.75) is 70.1 Å². The van der Waals surface area contributed by atoms with Gasteiger partial charge in [0.1, 0.15) is 0 Å². The summed E-state index contributed by atoms with van der Waals surface area (Å²) in [7, 11) is 0. The molecule has 0 radical (unpaired) electrons. The standard InChI is InChI=1S/C23H31ClN4O3/c1-3-13-28-14-18(24)21(27-28)22(31)25-15-23(17-7-5-4-6-8-17)11-9-19(26-16(2)29)20(30)10-12-23/h4-8,14,19-20,30H,3,9-13,15H2,1-2H3,(H,25,31)(H,26,29)/t19-,20-,23-/m0/s1. The zero-order chi connectivity index (χ0) is 22.4. The minimum absolute atomic E-state index is 0.151. The van der Waals surface area contributed by atoms with E-state index < -0.39 is 6.10 Å². The molecule has 0 bridgehead atoms. The Bertz CT molecular complexity index is 901. The van der Waals surface area contributed by atoms with Crippen LogP contribution in [0.4, 0.5) is 0 Å². The second kappa shape index (κ2) is 10.3. The summed E-state index contributed by atoms with van der Waals surface area (Å²) in [6.45, 7) is 4.59. The number of amides is 2. The lowest BCUT2D eigenvalue weighted by Crippen LogP contribution is -2.42. The Kier molecular flexibility index (Phi) is 7.73. The first kappa shape index (κ1) is 23.3. The van der Waals surface area contributed by atoms with E-state index in [-0.39, 0.29) is 29.0 Å². The normalized spacial score (nSPS) is 23.7. The third-order valence-electron chi connectivity index (χ3n) is 6.06. The number of hydrogen-bond acceptors (Lipinski definition) is 4. The predicted octanol–water partition coefficient (Wildman–Crippen LogP) is 3.05. The van der Waals surface area contributed by atoms with Crippen LogP contribution in [0.2, 0.25) is 5.02 Å². The van der Waals surface area contributed by atoms with Crippen molar-refractivity contribution in [3.05, 3.63) is 52.8 Å². The number of carbonyl (C=O) groups excluding carboxylic acids is 2. The van der Waals surface area contributed by atoms with Crippen LogP contribution in [0, 0.1) is 0 Å². The SMILES string of the molecule is CCCn1cc(Cl)c(C(=O)NC[C@]2(c3ccccc3)CC[C@H](NC(C)=O)[C@@H](O)CC2)n1. The van der Waals surface area contributed by atoms with Gasteiger partial charge in [0.05, 0.1) is 17.2 Å². The molecule has 31 heavy (non-hydrogen) atoms. The molecule has 1 aromatic carbocycles. The summed E-state index contributed by atoms with van der Waals surface area (Å²) in [5, 5.41) is 21.1. The van der Waals surface area contributed by atoms with Crippen LogP contribution in [-0.4, -0.2) is 45.4 Å². The van der Waals surface area contributed by atoms with Crippen molar-refractivity contribution in [3.8, 4) is 0 Å². The van der Waals surface area contributed by atoms with E-state index in [9.17, 15) is 14.7 Å². The molecule has 2 aromatic rings. The minimum Gasteiger partial charge on any atom is -0.391 e. The first-order valence-electron chi connectivity index (χ1n) is 10.9. The first-order chi connectivity index (χ1) is 14.8. The molecule has 3 N–H and O–H groups in total. The fourth-order valence-corrected chi connectivity index (χ4v) is 4.63. The molecule has 1 aromatic heterocycles. The van der Waals surface area contributed by atoms with Gasteiger partial charge in [0, 0.05) is 31.6 Å². The van der Waals surface area contributed by atoms with E-state index in [1.807, 2.05) is 25.1 Å². The van der Waals surface area contributed by atoms with Crippen molar-refractivity contribution >= 4 is 23.4 Å². The van der Waals surface area contributed by atoms with Crippen molar-refractivity contribution in [3.63, 3.8) is 0 Å². The first-order valence-corrected chi connectivity index (χ1v) is 11.2.